The number of fused-ring (bicyclic) bond motifs is 1. The number of anilines is 1. The Labute approximate surface area is 112 Å². The summed E-state index contributed by atoms with van der Waals surface area (Å²) in [4.78, 5) is 4.63. The van der Waals surface area contributed by atoms with E-state index in [9.17, 15) is 0 Å². The van der Waals surface area contributed by atoms with Gasteiger partial charge in [-0.1, -0.05) is 25.4 Å². The number of halogens is 1. The molecule has 0 radical (unpaired) electrons. The minimum absolute atomic E-state index is 0.381. The minimum Gasteiger partial charge on any atom is -0.494 e. The van der Waals surface area contributed by atoms with Gasteiger partial charge in [0.15, 0.2) is 0 Å². The van der Waals surface area contributed by atoms with Gasteiger partial charge in [0.25, 0.3) is 0 Å². The van der Waals surface area contributed by atoms with Gasteiger partial charge in [0, 0.05) is 12.4 Å². The lowest BCUT2D eigenvalue weighted by Crippen LogP contribution is -2.01. The van der Waals surface area contributed by atoms with Crippen LogP contribution in [0, 0.1) is 0 Å². The third-order valence-electron chi connectivity index (χ3n) is 3.00. The molecule has 0 aliphatic heterocycles. The number of hydrogen-bond donors (Lipinski definition) is 1. The summed E-state index contributed by atoms with van der Waals surface area (Å²) in [7, 11) is 3.51. The minimum atomic E-state index is 0.381. The standard InChI is InChI=1S/C14H17ClN2O/c1-8(2)9-7-10-11(15)5-6-12(18-4)13(10)17-14(9)16-3/h5-8H,1-4H3,(H,16,17). The Hall–Kier alpha value is -1.48. The van der Waals surface area contributed by atoms with Gasteiger partial charge in [0.05, 0.1) is 12.1 Å². The number of benzene rings is 1. The van der Waals surface area contributed by atoms with Gasteiger partial charge in [0.2, 0.25) is 0 Å². The molecule has 18 heavy (non-hydrogen) atoms. The smallest absolute Gasteiger partial charge is 0.145 e. The number of ether oxygens (including phenoxy) is 1. The van der Waals surface area contributed by atoms with E-state index in [0.717, 1.165) is 28.0 Å². The maximum absolute atomic E-state index is 6.24. The molecule has 2 aromatic rings. The summed E-state index contributed by atoms with van der Waals surface area (Å²) < 4.78 is 5.33. The van der Waals surface area contributed by atoms with Crippen LogP contribution in [0.1, 0.15) is 25.3 Å². The fourth-order valence-corrected chi connectivity index (χ4v) is 2.23. The van der Waals surface area contributed by atoms with Crippen LogP contribution in [0.25, 0.3) is 10.9 Å². The monoisotopic (exact) mass is 264 g/mol. The van der Waals surface area contributed by atoms with Crippen LogP contribution >= 0.6 is 11.6 Å². The number of hydrogen-bond acceptors (Lipinski definition) is 3. The molecule has 0 amide bonds. The maximum Gasteiger partial charge on any atom is 0.145 e. The van der Waals surface area contributed by atoms with Crippen molar-refractivity contribution in [2.24, 2.45) is 0 Å². The van der Waals surface area contributed by atoms with Crippen LogP contribution in [0.2, 0.25) is 5.02 Å². The molecule has 0 saturated heterocycles. The van der Waals surface area contributed by atoms with Crippen molar-refractivity contribution >= 4 is 28.3 Å². The highest BCUT2D eigenvalue weighted by Gasteiger charge is 2.13. The first-order valence-corrected chi connectivity index (χ1v) is 6.31. The molecule has 3 nitrogen and oxygen atoms in total. The molecule has 1 heterocycles. The van der Waals surface area contributed by atoms with Gasteiger partial charge >= 0.3 is 0 Å². The van der Waals surface area contributed by atoms with Crippen molar-refractivity contribution in [3.8, 4) is 5.75 Å². The van der Waals surface area contributed by atoms with Crippen LogP contribution in [0.15, 0.2) is 18.2 Å². The zero-order chi connectivity index (χ0) is 13.3. The Bertz CT molecular complexity index is 582. The number of methoxy groups -OCH3 is 1. The van der Waals surface area contributed by atoms with Crippen LogP contribution in [0.4, 0.5) is 5.82 Å². The molecule has 0 aliphatic carbocycles. The van der Waals surface area contributed by atoms with Crippen LogP contribution in [0.5, 0.6) is 5.75 Å². The fraction of sp³-hybridized carbons (Fsp3) is 0.357. The summed E-state index contributed by atoms with van der Waals surface area (Å²) in [5.41, 5.74) is 1.94. The van der Waals surface area contributed by atoms with Crippen LogP contribution in [-0.4, -0.2) is 19.1 Å². The molecule has 1 N–H and O–H groups in total. The molecule has 0 bridgehead atoms. The molecule has 0 fully saturated rings. The van der Waals surface area contributed by atoms with Crippen molar-refractivity contribution in [3.63, 3.8) is 0 Å². The van der Waals surface area contributed by atoms with Gasteiger partial charge in [-0.3, -0.25) is 0 Å². The summed E-state index contributed by atoms with van der Waals surface area (Å²) in [5, 5.41) is 4.76. The molecular formula is C14H17ClN2O. The molecule has 0 aliphatic rings. The van der Waals surface area contributed by atoms with Gasteiger partial charge in [-0.25, -0.2) is 4.98 Å². The van der Waals surface area contributed by atoms with E-state index >= 15 is 0 Å². The topological polar surface area (TPSA) is 34.2 Å². The molecule has 96 valence electrons. The molecular weight excluding hydrogens is 248 g/mol. The number of pyridine rings is 1. The normalized spacial score (nSPS) is 11.0. The molecule has 4 heteroatoms. The zero-order valence-electron chi connectivity index (χ0n) is 11.0. The fourth-order valence-electron chi connectivity index (χ4n) is 2.02. The van der Waals surface area contributed by atoms with E-state index in [2.05, 4.69) is 30.2 Å². The maximum atomic E-state index is 6.24. The zero-order valence-corrected chi connectivity index (χ0v) is 11.8. The van der Waals surface area contributed by atoms with Gasteiger partial charge in [-0.15, -0.1) is 0 Å². The number of aromatic nitrogens is 1. The van der Waals surface area contributed by atoms with Gasteiger partial charge in [-0.2, -0.15) is 0 Å². The van der Waals surface area contributed by atoms with Crippen molar-refractivity contribution in [1.82, 2.24) is 4.98 Å². The second-order valence-electron chi connectivity index (χ2n) is 4.48. The summed E-state index contributed by atoms with van der Waals surface area (Å²) in [5.74, 6) is 1.99. The average molecular weight is 265 g/mol. The van der Waals surface area contributed by atoms with Gasteiger partial charge in [0.1, 0.15) is 17.1 Å². The first-order chi connectivity index (χ1) is 8.58. The summed E-state index contributed by atoms with van der Waals surface area (Å²) in [6.07, 6.45) is 0. The second-order valence-corrected chi connectivity index (χ2v) is 4.88. The summed E-state index contributed by atoms with van der Waals surface area (Å²) >= 11 is 6.24. The van der Waals surface area contributed by atoms with Gasteiger partial charge < -0.3 is 10.1 Å². The van der Waals surface area contributed by atoms with E-state index in [-0.39, 0.29) is 0 Å². The van der Waals surface area contributed by atoms with E-state index in [4.69, 9.17) is 16.3 Å². The Morgan fingerprint density at radius 1 is 1.33 bits per heavy atom. The molecule has 1 aromatic carbocycles. The molecule has 2 rings (SSSR count). The molecule has 1 aromatic heterocycles. The molecule has 0 unspecified atom stereocenters. The third-order valence-corrected chi connectivity index (χ3v) is 3.33. The van der Waals surface area contributed by atoms with E-state index in [1.54, 1.807) is 7.11 Å². The lowest BCUT2D eigenvalue weighted by Gasteiger charge is -2.15. The Morgan fingerprint density at radius 3 is 2.61 bits per heavy atom. The Morgan fingerprint density at radius 2 is 2.06 bits per heavy atom. The Balaban J connectivity index is 2.81. The first kappa shape index (κ1) is 13.0. The van der Waals surface area contributed by atoms with Crippen LogP contribution in [0.3, 0.4) is 0 Å². The largest absolute Gasteiger partial charge is 0.494 e. The highest BCUT2D eigenvalue weighted by molar-refractivity contribution is 6.35. The average Bonchev–Trinajstić information content (AvgIpc) is 2.37. The summed E-state index contributed by atoms with van der Waals surface area (Å²) in [6.45, 7) is 4.27. The lowest BCUT2D eigenvalue weighted by molar-refractivity contribution is 0.419. The van der Waals surface area contributed by atoms with Crippen LogP contribution in [-0.2, 0) is 0 Å². The van der Waals surface area contributed by atoms with Crippen molar-refractivity contribution in [1.29, 1.82) is 0 Å². The van der Waals surface area contributed by atoms with Crippen molar-refractivity contribution < 1.29 is 4.74 Å². The second kappa shape index (κ2) is 5.02. The highest BCUT2D eigenvalue weighted by Crippen LogP contribution is 2.34. The van der Waals surface area contributed by atoms with Crippen molar-refractivity contribution in [2.75, 3.05) is 19.5 Å². The van der Waals surface area contributed by atoms with E-state index in [1.165, 1.54) is 0 Å². The van der Waals surface area contributed by atoms with Crippen molar-refractivity contribution in [3.05, 3.63) is 28.8 Å². The van der Waals surface area contributed by atoms with E-state index in [0.29, 0.717) is 10.9 Å². The number of nitrogens with one attached hydrogen (secondary N) is 1. The van der Waals surface area contributed by atoms with Crippen molar-refractivity contribution in [2.45, 2.75) is 19.8 Å². The van der Waals surface area contributed by atoms with Gasteiger partial charge in [-0.05, 0) is 29.7 Å². The molecule has 0 atom stereocenters. The Kier molecular flexibility index (Phi) is 3.62. The highest BCUT2D eigenvalue weighted by atomic mass is 35.5. The molecule has 0 saturated carbocycles. The third kappa shape index (κ3) is 2.10. The lowest BCUT2D eigenvalue weighted by atomic mass is 10.0. The number of rotatable bonds is 3. The quantitative estimate of drug-likeness (QED) is 0.908. The first-order valence-electron chi connectivity index (χ1n) is 5.93. The predicted molar refractivity (Wildman–Crippen MR) is 76.9 cm³/mol. The summed E-state index contributed by atoms with van der Waals surface area (Å²) in [6, 6.07) is 5.77. The van der Waals surface area contributed by atoms with Crippen LogP contribution < -0.4 is 10.1 Å². The molecule has 0 spiro atoms. The number of nitrogens with zero attached hydrogens (tertiary/aromatic N) is 1. The van der Waals surface area contributed by atoms with E-state index in [1.807, 2.05) is 19.2 Å². The predicted octanol–water partition coefficient (Wildman–Crippen LogP) is 4.06. The SMILES string of the molecule is CNc1nc2c(OC)ccc(Cl)c2cc1C(C)C. The van der Waals surface area contributed by atoms with E-state index < -0.39 is 0 Å².